The van der Waals surface area contributed by atoms with Gasteiger partial charge in [0.25, 0.3) is 0 Å². The number of ether oxygens (including phenoxy) is 2. The van der Waals surface area contributed by atoms with Gasteiger partial charge in [0.15, 0.2) is 0 Å². The molecule has 1 aliphatic heterocycles. The molecule has 0 saturated carbocycles. The van der Waals surface area contributed by atoms with Crippen LogP contribution < -0.4 is 10.6 Å². The largest absolute Gasteiger partial charge is 0.444 e. The number of nitrogens with one attached hydrogen (secondary N) is 2. The van der Waals surface area contributed by atoms with Crippen LogP contribution in [0.2, 0.25) is 0 Å². The van der Waals surface area contributed by atoms with E-state index in [0.29, 0.717) is 32.5 Å². The third-order valence-electron chi connectivity index (χ3n) is 6.77. The van der Waals surface area contributed by atoms with Crippen LogP contribution in [0.3, 0.4) is 0 Å². The van der Waals surface area contributed by atoms with E-state index in [4.69, 9.17) is 9.47 Å². The third-order valence-corrected chi connectivity index (χ3v) is 6.77. The van der Waals surface area contributed by atoms with E-state index in [1.165, 1.54) is 0 Å². The molecule has 0 spiro atoms. The Hall–Kier alpha value is -2.94. The van der Waals surface area contributed by atoms with Crippen molar-refractivity contribution in [2.75, 3.05) is 13.2 Å². The maximum Gasteiger partial charge on any atom is 0.407 e. The van der Waals surface area contributed by atoms with E-state index < -0.39 is 36.3 Å². The summed E-state index contributed by atoms with van der Waals surface area (Å²) in [4.78, 5) is 25.5. The molecule has 1 aliphatic carbocycles. The zero-order valence-electron chi connectivity index (χ0n) is 19.9. The Morgan fingerprint density at radius 2 is 1.89 bits per heavy atom. The monoisotopic (exact) mass is 482 g/mol. The van der Waals surface area contributed by atoms with Crippen molar-refractivity contribution in [1.82, 2.24) is 10.6 Å². The molecule has 1 fully saturated rings. The molecular formula is C27H34N2O6. The standard InChI is InChI=1S/C27H34N2O6/c1-17(26(32)29-25-21-10-6-5-9-19(21)15-24(25)31)13-23(30)22(14-18-7-3-2-4-8-18)28-27(33)35-20-11-12-34-16-20/h2-10,17,20,22-25,30-31H,11-16H2,1H3,(H,28,33)(H,29,32)/t17?,20?,22?,23?,24-,25-/m0/s1. The van der Waals surface area contributed by atoms with E-state index in [2.05, 4.69) is 10.6 Å². The second-order valence-corrected chi connectivity index (χ2v) is 9.49. The fourth-order valence-electron chi connectivity index (χ4n) is 4.77. The fourth-order valence-corrected chi connectivity index (χ4v) is 4.77. The van der Waals surface area contributed by atoms with Gasteiger partial charge in [-0.25, -0.2) is 4.79 Å². The van der Waals surface area contributed by atoms with Gasteiger partial charge in [0.1, 0.15) is 6.10 Å². The Kier molecular flexibility index (Phi) is 8.38. The molecule has 188 valence electrons. The van der Waals surface area contributed by atoms with Gasteiger partial charge in [0, 0.05) is 18.8 Å². The molecular weight excluding hydrogens is 448 g/mol. The summed E-state index contributed by atoms with van der Waals surface area (Å²) in [7, 11) is 0. The first kappa shape index (κ1) is 25.2. The lowest BCUT2D eigenvalue weighted by molar-refractivity contribution is -0.127. The second kappa shape index (κ2) is 11.7. The van der Waals surface area contributed by atoms with Crippen LogP contribution in [0.1, 0.15) is 42.5 Å². The molecule has 2 aromatic carbocycles. The minimum atomic E-state index is -0.982. The summed E-state index contributed by atoms with van der Waals surface area (Å²) >= 11 is 0. The molecule has 4 rings (SSSR count). The van der Waals surface area contributed by atoms with Crippen molar-refractivity contribution in [3.63, 3.8) is 0 Å². The van der Waals surface area contributed by atoms with Crippen molar-refractivity contribution in [1.29, 1.82) is 0 Å². The average molecular weight is 483 g/mol. The third kappa shape index (κ3) is 6.60. The van der Waals surface area contributed by atoms with Crippen molar-refractivity contribution >= 4 is 12.0 Å². The van der Waals surface area contributed by atoms with Crippen LogP contribution in [-0.2, 0) is 27.1 Å². The number of carbonyl (C=O) groups excluding carboxylic acids is 2. The van der Waals surface area contributed by atoms with Crippen molar-refractivity contribution in [2.45, 2.75) is 63.0 Å². The lowest BCUT2D eigenvalue weighted by Crippen LogP contribution is -2.47. The van der Waals surface area contributed by atoms with E-state index >= 15 is 0 Å². The maximum atomic E-state index is 13.0. The number of hydrogen-bond acceptors (Lipinski definition) is 6. The number of aliphatic hydroxyl groups is 2. The Bertz CT molecular complexity index is 994. The van der Waals surface area contributed by atoms with Crippen LogP contribution in [0.15, 0.2) is 54.6 Å². The molecule has 0 aromatic heterocycles. The molecule has 2 aliphatic rings. The Morgan fingerprint density at radius 3 is 2.63 bits per heavy atom. The summed E-state index contributed by atoms with van der Waals surface area (Å²) in [5.41, 5.74) is 2.89. The molecule has 6 atom stereocenters. The predicted molar refractivity (Wildman–Crippen MR) is 130 cm³/mol. The van der Waals surface area contributed by atoms with Gasteiger partial charge in [-0.1, -0.05) is 61.5 Å². The highest BCUT2D eigenvalue weighted by Gasteiger charge is 2.34. The molecule has 8 heteroatoms. The number of aliphatic hydroxyl groups excluding tert-OH is 2. The van der Waals surface area contributed by atoms with Gasteiger partial charge in [-0.2, -0.15) is 0 Å². The van der Waals surface area contributed by atoms with E-state index in [1.807, 2.05) is 54.6 Å². The van der Waals surface area contributed by atoms with Crippen LogP contribution in [0.4, 0.5) is 4.79 Å². The highest BCUT2D eigenvalue weighted by Crippen LogP contribution is 2.31. The number of fused-ring (bicyclic) bond motifs is 1. The lowest BCUT2D eigenvalue weighted by atomic mass is 9.93. The molecule has 1 heterocycles. The van der Waals surface area contributed by atoms with Crippen molar-refractivity contribution in [3.8, 4) is 0 Å². The highest BCUT2D eigenvalue weighted by atomic mass is 16.6. The number of hydrogen-bond donors (Lipinski definition) is 4. The summed E-state index contributed by atoms with van der Waals surface area (Å²) in [5.74, 6) is -0.793. The van der Waals surface area contributed by atoms with Gasteiger partial charge < -0.3 is 30.3 Å². The topological polar surface area (TPSA) is 117 Å². The minimum absolute atomic E-state index is 0.139. The summed E-state index contributed by atoms with van der Waals surface area (Å²) in [6.07, 6.45) is -0.901. The quantitative estimate of drug-likeness (QED) is 0.436. The molecule has 35 heavy (non-hydrogen) atoms. The van der Waals surface area contributed by atoms with Gasteiger partial charge in [0.2, 0.25) is 5.91 Å². The van der Waals surface area contributed by atoms with Gasteiger partial charge in [0.05, 0.1) is 37.5 Å². The normalized spacial score (nSPS) is 23.7. The zero-order chi connectivity index (χ0) is 24.8. The number of carbonyl (C=O) groups is 2. The first-order chi connectivity index (χ1) is 16.9. The predicted octanol–water partition coefficient (Wildman–Crippen LogP) is 2.27. The van der Waals surface area contributed by atoms with Crippen LogP contribution in [-0.4, -0.2) is 59.8 Å². The fraction of sp³-hybridized carbons (Fsp3) is 0.481. The second-order valence-electron chi connectivity index (χ2n) is 9.49. The van der Waals surface area contributed by atoms with Crippen molar-refractivity contribution in [2.24, 2.45) is 5.92 Å². The molecule has 0 bridgehead atoms. The minimum Gasteiger partial charge on any atom is -0.444 e. The van der Waals surface area contributed by atoms with Gasteiger partial charge in [-0.15, -0.1) is 0 Å². The Balaban J connectivity index is 1.37. The van der Waals surface area contributed by atoms with E-state index in [9.17, 15) is 19.8 Å². The van der Waals surface area contributed by atoms with Gasteiger partial charge in [-0.05, 0) is 29.5 Å². The smallest absolute Gasteiger partial charge is 0.407 e. The van der Waals surface area contributed by atoms with Crippen LogP contribution >= 0.6 is 0 Å². The molecule has 2 aromatic rings. The molecule has 1 saturated heterocycles. The average Bonchev–Trinajstić information content (AvgIpc) is 3.46. The Labute approximate surface area is 205 Å². The molecule has 0 radical (unpaired) electrons. The summed E-state index contributed by atoms with van der Waals surface area (Å²) in [6.45, 7) is 2.66. The lowest BCUT2D eigenvalue weighted by Gasteiger charge is -2.27. The number of alkyl carbamates (subject to hydrolysis) is 1. The van der Waals surface area contributed by atoms with Gasteiger partial charge >= 0.3 is 6.09 Å². The molecule has 4 N–H and O–H groups in total. The molecule has 4 unspecified atom stereocenters. The van der Waals surface area contributed by atoms with Crippen LogP contribution in [0.5, 0.6) is 0 Å². The number of benzene rings is 2. The van der Waals surface area contributed by atoms with Crippen LogP contribution in [0, 0.1) is 5.92 Å². The highest BCUT2D eigenvalue weighted by molar-refractivity contribution is 5.79. The van der Waals surface area contributed by atoms with E-state index in [0.717, 1.165) is 16.7 Å². The maximum absolute atomic E-state index is 13.0. The zero-order valence-corrected chi connectivity index (χ0v) is 19.9. The summed E-state index contributed by atoms with van der Waals surface area (Å²) < 4.78 is 10.7. The molecule has 8 nitrogen and oxygen atoms in total. The SMILES string of the molecule is CC(CC(O)C(Cc1ccccc1)NC(=O)OC1CCOC1)C(=O)N[C@H]1c2ccccc2C[C@@H]1O. The summed E-state index contributed by atoms with van der Waals surface area (Å²) in [5, 5.41) is 27.2. The van der Waals surface area contributed by atoms with E-state index in [1.54, 1.807) is 6.92 Å². The first-order valence-electron chi connectivity index (χ1n) is 12.2. The van der Waals surface area contributed by atoms with Crippen molar-refractivity contribution < 1.29 is 29.3 Å². The van der Waals surface area contributed by atoms with Gasteiger partial charge in [-0.3, -0.25) is 4.79 Å². The van der Waals surface area contributed by atoms with Crippen molar-refractivity contribution in [3.05, 3.63) is 71.3 Å². The van der Waals surface area contributed by atoms with Crippen LogP contribution in [0.25, 0.3) is 0 Å². The number of rotatable bonds is 9. The molecule has 2 amide bonds. The van der Waals surface area contributed by atoms with E-state index in [-0.39, 0.29) is 18.4 Å². The Morgan fingerprint density at radius 1 is 1.14 bits per heavy atom. The first-order valence-corrected chi connectivity index (χ1v) is 12.2. The number of amides is 2. The summed E-state index contributed by atoms with van der Waals surface area (Å²) in [6, 6.07) is 16.1.